The predicted molar refractivity (Wildman–Crippen MR) is 166 cm³/mol. The van der Waals surface area contributed by atoms with Gasteiger partial charge in [-0.25, -0.2) is 8.42 Å². The van der Waals surface area contributed by atoms with Crippen LogP contribution < -0.4 is 4.43 Å². The monoisotopic (exact) mass is 565 g/mol. The van der Waals surface area contributed by atoms with Crippen LogP contribution in [-0.4, -0.2) is 16.7 Å². The van der Waals surface area contributed by atoms with E-state index in [1.807, 2.05) is 60.7 Å². The molecular formula is C34H35NO3SSi. The predicted octanol–water partition coefficient (Wildman–Crippen LogP) is 8.60. The Morgan fingerprint density at radius 1 is 0.800 bits per heavy atom. The molecule has 0 spiro atoms. The summed E-state index contributed by atoms with van der Waals surface area (Å²) >= 11 is 0. The van der Waals surface area contributed by atoms with Crippen molar-refractivity contribution in [2.75, 3.05) is 0 Å². The molecule has 6 heteroatoms. The van der Waals surface area contributed by atoms with Gasteiger partial charge in [-0.1, -0.05) is 100 Å². The zero-order valence-electron chi connectivity index (χ0n) is 23.4. The van der Waals surface area contributed by atoms with Gasteiger partial charge in [0.1, 0.15) is 5.75 Å². The first-order chi connectivity index (χ1) is 19.1. The molecule has 0 saturated heterocycles. The minimum atomic E-state index is -3.49. The van der Waals surface area contributed by atoms with E-state index in [0.717, 1.165) is 28.5 Å². The third-order valence-corrected chi connectivity index (χ3v) is 14.4. The van der Waals surface area contributed by atoms with E-state index >= 15 is 0 Å². The highest BCUT2D eigenvalue weighted by atomic mass is 32.2. The number of nitrogens with zero attached hydrogens (tertiary/aromatic N) is 1. The van der Waals surface area contributed by atoms with Crippen molar-refractivity contribution in [2.45, 2.75) is 49.7 Å². The topological polar surface area (TPSA) is 67.2 Å². The Bertz CT molecular complexity index is 1590. The molecule has 0 fully saturated rings. The average Bonchev–Trinajstić information content (AvgIpc) is 2.97. The molecule has 0 aromatic heterocycles. The maximum Gasteiger partial charge on any atom is 0.260 e. The van der Waals surface area contributed by atoms with Crippen molar-refractivity contribution in [3.63, 3.8) is 0 Å². The van der Waals surface area contributed by atoms with Gasteiger partial charge >= 0.3 is 0 Å². The standard InChI is InChI=1S/C34H35NO3SSi/c1-26(2)40(27(3)4,38-32-20-18-30(19-21-32)34-13-9-8-10-31(34)24-35)25-29-16-14-28(15-17-29)22-23-39(36,37)33-11-6-5-7-12-33/h5-23,26-27H,25H2,1-4H3/b23-22+. The zero-order chi connectivity index (χ0) is 28.8. The number of rotatable bonds is 10. The third-order valence-electron chi connectivity index (χ3n) is 7.45. The zero-order valence-corrected chi connectivity index (χ0v) is 25.2. The van der Waals surface area contributed by atoms with E-state index in [1.165, 1.54) is 11.0 Å². The van der Waals surface area contributed by atoms with Crippen LogP contribution in [0.2, 0.25) is 11.1 Å². The molecule has 40 heavy (non-hydrogen) atoms. The molecule has 4 aromatic rings. The second kappa shape index (κ2) is 12.5. The van der Waals surface area contributed by atoms with Crippen molar-refractivity contribution < 1.29 is 12.8 Å². The molecule has 0 aliphatic carbocycles. The van der Waals surface area contributed by atoms with Crippen molar-refractivity contribution in [2.24, 2.45) is 0 Å². The first-order valence-electron chi connectivity index (χ1n) is 13.5. The van der Waals surface area contributed by atoms with Crippen LogP contribution in [0.3, 0.4) is 0 Å². The first-order valence-corrected chi connectivity index (χ1v) is 17.3. The lowest BCUT2D eigenvalue weighted by Gasteiger charge is -2.39. The van der Waals surface area contributed by atoms with E-state index in [4.69, 9.17) is 4.43 Å². The van der Waals surface area contributed by atoms with E-state index in [9.17, 15) is 13.7 Å². The fraction of sp³-hybridized carbons (Fsp3) is 0.206. The first kappa shape index (κ1) is 29.1. The minimum Gasteiger partial charge on any atom is -0.543 e. The van der Waals surface area contributed by atoms with Gasteiger partial charge in [0.25, 0.3) is 8.32 Å². The highest BCUT2D eigenvalue weighted by Gasteiger charge is 2.44. The second-order valence-electron chi connectivity index (χ2n) is 10.6. The van der Waals surface area contributed by atoms with Crippen LogP contribution in [0, 0.1) is 11.3 Å². The van der Waals surface area contributed by atoms with Gasteiger partial charge in [-0.2, -0.15) is 5.26 Å². The Morgan fingerprint density at radius 2 is 1.40 bits per heavy atom. The number of nitriles is 1. The van der Waals surface area contributed by atoms with Gasteiger partial charge in [0.2, 0.25) is 0 Å². The van der Waals surface area contributed by atoms with Crippen LogP contribution in [0.1, 0.15) is 44.4 Å². The molecule has 0 bridgehead atoms. The fourth-order valence-electron chi connectivity index (χ4n) is 5.02. The van der Waals surface area contributed by atoms with Gasteiger partial charge in [0, 0.05) is 11.5 Å². The van der Waals surface area contributed by atoms with Crippen LogP contribution in [0.15, 0.2) is 113 Å². The summed E-state index contributed by atoms with van der Waals surface area (Å²) in [6.07, 6.45) is 1.64. The molecule has 0 amide bonds. The van der Waals surface area contributed by atoms with Crippen molar-refractivity contribution in [1.29, 1.82) is 5.26 Å². The number of benzene rings is 4. The highest BCUT2D eigenvalue weighted by molar-refractivity contribution is 7.94. The summed E-state index contributed by atoms with van der Waals surface area (Å²) in [5.74, 6) is 0.845. The van der Waals surface area contributed by atoms with Gasteiger partial charge in [-0.15, -0.1) is 0 Å². The normalized spacial score (nSPS) is 12.1. The molecule has 204 valence electrons. The maximum absolute atomic E-state index is 12.6. The van der Waals surface area contributed by atoms with E-state index in [1.54, 1.807) is 36.4 Å². The van der Waals surface area contributed by atoms with Gasteiger partial charge in [0.05, 0.1) is 16.5 Å². The largest absolute Gasteiger partial charge is 0.543 e. The van der Waals surface area contributed by atoms with Gasteiger partial charge < -0.3 is 4.43 Å². The van der Waals surface area contributed by atoms with Crippen LogP contribution in [0.5, 0.6) is 5.75 Å². The lowest BCUT2D eigenvalue weighted by Crippen LogP contribution is -2.50. The molecule has 4 aromatic carbocycles. The van der Waals surface area contributed by atoms with Gasteiger partial charge in [0.15, 0.2) is 9.84 Å². The summed E-state index contributed by atoms with van der Waals surface area (Å²) in [6, 6.07) is 35.3. The Kier molecular flexibility index (Phi) is 9.09. The maximum atomic E-state index is 12.6. The van der Waals surface area contributed by atoms with Crippen molar-refractivity contribution in [1.82, 2.24) is 0 Å². The molecule has 0 saturated carbocycles. The minimum absolute atomic E-state index is 0.284. The Balaban J connectivity index is 1.54. The molecule has 0 aliphatic rings. The SMILES string of the molecule is CC(C)[Si](Cc1ccc(/C=C/S(=O)(=O)c2ccccc2)cc1)(Oc1ccc(-c2ccccc2C#N)cc1)C(C)C. The average molecular weight is 566 g/mol. The lowest BCUT2D eigenvalue weighted by atomic mass is 10.0. The molecule has 0 heterocycles. The van der Waals surface area contributed by atoms with Crippen molar-refractivity contribution in [3.8, 4) is 22.9 Å². The molecule has 0 radical (unpaired) electrons. The molecule has 0 N–H and O–H groups in total. The summed E-state index contributed by atoms with van der Waals surface area (Å²) in [5.41, 5.74) is 5.29. The molecule has 0 unspecified atom stereocenters. The third kappa shape index (κ3) is 6.61. The lowest BCUT2D eigenvalue weighted by molar-refractivity contribution is 0.495. The van der Waals surface area contributed by atoms with Crippen LogP contribution in [0.4, 0.5) is 0 Å². The van der Waals surface area contributed by atoms with Crippen LogP contribution in [0.25, 0.3) is 17.2 Å². The Hall–Kier alpha value is -3.92. The van der Waals surface area contributed by atoms with Crippen LogP contribution in [-0.2, 0) is 15.9 Å². The second-order valence-corrected chi connectivity index (χ2v) is 17.2. The highest BCUT2D eigenvalue weighted by Crippen LogP contribution is 2.38. The van der Waals surface area contributed by atoms with Crippen molar-refractivity contribution >= 4 is 24.2 Å². The molecular weight excluding hydrogens is 531 g/mol. The summed E-state index contributed by atoms with van der Waals surface area (Å²) in [4.78, 5) is 0.284. The Morgan fingerprint density at radius 3 is 2.00 bits per heavy atom. The van der Waals surface area contributed by atoms with E-state index in [0.29, 0.717) is 16.6 Å². The molecule has 4 rings (SSSR count). The Labute approximate surface area is 239 Å². The van der Waals surface area contributed by atoms with Gasteiger partial charge in [-0.3, -0.25) is 0 Å². The fourth-order valence-corrected chi connectivity index (χ4v) is 10.2. The van der Waals surface area contributed by atoms with Gasteiger partial charge in [-0.05, 0) is 69.7 Å². The molecule has 0 atom stereocenters. The summed E-state index contributed by atoms with van der Waals surface area (Å²) in [6.45, 7) is 8.98. The summed E-state index contributed by atoms with van der Waals surface area (Å²) in [5, 5.41) is 10.7. The smallest absolute Gasteiger partial charge is 0.260 e. The van der Waals surface area contributed by atoms with E-state index in [2.05, 4.69) is 45.9 Å². The van der Waals surface area contributed by atoms with E-state index in [-0.39, 0.29) is 4.90 Å². The summed E-state index contributed by atoms with van der Waals surface area (Å²) in [7, 11) is -5.81. The number of sulfone groups is 1. The summed E-state index contributed by atoms with van der Waals surface area (Å²) < 4.78 is 32.1. The number of hydrogen-bond donors (Lipinski definition) is 0. The number of hydrogen-bond acceptors (Lipinski definition) is 4. The van der Waals surface area contributed by atoms with E-state index < -0.39 is 18.2 Å². The van der Waals surface area contributed by atoms with Crippen molar-refractivity contribution in [3.05, 3.63) is 125 Å². The quantitative estimate of drug-likeness (QED) is 0.181. The molecule has 4 nitrogen and oxygen atoms in total. The molecule has 0 aliphatic heterocycles. The van der Waals surface area contributed by atoms with Crippen LogP contribution >= 0.6 is 0 Å².